The third kappa shape index (κ3) is 5.75. The Labute approximate surface area is 184 Å². The molecule has 2 atom stereocenters. The van der Waals surface area contributed by atoms with Gasteiger partial charge in [-0.2, -0.15) is 0 Å². The average molecular weight is 432 g/mol. The second-order valence-corrected chi connectivity index (χ2v) is 8.55. The molecule has 1 saturated heterocycles. The summed E-state index contributed by atoms with van der Waals surface area (Å²) in [5, 5.41) is 3.91. The Morgan fingerprint density at radius 1 is 1.07 bits per heavy atom. The van der Waals surface area contributed by atoms with E-state index in [2.05, 4.69) is 31.3 Å². The highest BCUT2D eigenvalue weighted by molar-refractivity contribution is 6.30. The highest BCUT2D eigenvalue weighted by Gasteiger charge is 2.29. The predicted octanol–water partition coefficient (Wildman–Crippen LogP) is 2.86. The van der Waals surface area contributed by atoms with Crippen LogP contribution in [0, 0.1) is 5.92 Å². The van der Waals surface area contributed by atoms with Gasteiger partial charge >= 0.3 is 0 Å². The Bertz CT molecular complexity index is 802. The molecule has 162 valence electrons. The largest absolute Gasteiger partial charge is 0.497 e. The Kier molecular flexibility index (Phi) is 8.14. The molecule has 0 bridgehead atoms. The van der Waals surface area contributed by atoms with Gasteiger partial charge in [-0.05, 0) is 47.9 Å². The number of methoxy groups -OCH3 is 1. The molecule has 5 nitrogen and oxygen atoms in total. The van der Waals surface area contributed by atoms with Crippen LogP contribution in [0.2, 0.25) is 5.02 Å². The lowest BCUT2D eigenvalue weighted by molar-refractivity contribution is -0.937. The highest BCUT2D eigenvalue weighted by Crippen LogP contribution is 2.26. The number of rotatable bonds is 8. The number of amides is 1. The zero-order chi connectivity index (χ0) is 21.5. The number of carbonyl (C=O) groups is 1. The van der Waals surface area contributed by atoms with Gasteiger partial charge in [0.05, 0.1) is 32.8 Å². The first-order chi connectivity index (χ1) is 14.5. The van der Waals surface area contributed by atoms with Crippen LogP contribution >= 0.6 is 11.6 Å². The first-order valence-corrected chi connectivity index (χ1v) is 11.0. The molecule has 1 fully saturated rings. The minimum Gasteiger partial charge on any atom is -0.497 e. The molecule has 2 aromatic rings. The van der Waals surface area contributed by atoms with Crippen LogP contribution in [0.4, 0.5) is 0 Å². The molecule has 6 heteroatoms. The maximum absolute atomic E-state index is 13.2. The third-order valence-electron chi connectivity index (χ3n) is 5.80. The molecule has 0 aromatic heterocycles. The number of benzene rings is 2. The van der Waals surface area contributed by atoms with Crippen molar-refractivity contribution in [3.05, 3.63) is 64.7 Å². The average Bonchev–Trinajstić information content (AvgIpc) is 2.76. The fourth-order valence-corrected chi connectivity index (χ4v) is 4.26. The SMILES string of the molecule is COc1ccc([C@@H](CNC(=O)[C@H](c2ccc(Cl)cc2)C(C)C)[NH+]2CCOCC2)cc1. The maximum Gasteiger partial charge on any atom is 0.228 e. The summed E-state index contributed by atoms with van der Waals surface area (Å²) < 4.78 is 10.8. The molecule has 0 saturated carbocycles. The molecule has 1 aliphatic rings. The van der Waals surface area contributed by atoms with Gasteiger partial charge in [0.2, 0.25) is 5.91 Å². The number of nitrogens with one attached hydrogen (secondary N) is 2. The van der Waals surface area contributed by atoms with Crippen LogP contribution in [0.1, 0.15) is 36.9 Å². The van der Waals surface area contributed by atoms with E-state index in [4.69, 9.17) is 21.1 Å². The van der Waals surface area contributed by atoms with E-state index >= 15 is 0 Å². The van der Waals surface area contributed by atoms with E-state index in [9.17, 15) is 4.79 Å². The van der Waals surface area contributed by atoms with Gasteiger partial charge in [-0.1, -0.05) is 37.6 Å². The number of halogens is 1. The molecular formula is C24H32ClN2O3+. The summed E-state index contributed by atoms with van der Waals surface area (Å²) in [6.07, 6.45) is 0. The van der Waals surface area contributed by atoms with E-state index in [-0.39, 0.29) is 23.8 Å². The molecule has 1 amide bonds. The minimum atomic E-state index is -0.210. The van der Waals surface area contributed by atoms with Crippen LogP contribution < -0.4 is 15.0 Å². The number of ether oxygens (including phenoxy) is 2. The first kappa shape index (κ1) is 22.6. The van der Waals surface area contributed by atoms with E-state index in [1.807, 2.05) is 36.4 Å². The van der Waals surface area contributed by atoms with Crippen LogP contribution in [0.3, 0.4) is 0 Å². The summed E-state index contributed by atoms with van der Waals surface area (Å²) in [6, 6.07) is 15.9. The zero-order valence-corrected chi connectivity index (χ0v) is 18.7. The molecule has 2 N–H and O–H groups in total. The van der Waals surface area contributed by atoms with Crippen molar-refractivity contribution in [2.45, 2.75) is 25.8 Å². The Morgan fingerprint density at radius 3 is 2.23 bits per heavy atom. The smallest absolute Gasteiger partial charge is 0.228 e. The molecular weight excluding hydrogens is 400 g/mol. The molecule has 30 heavy (non-hydrogen) atoms. The molecule has 2 aromatic carbocycles. The monoisotopic (exact) mass is 431 g/mol. The van der Waals surface area contributed by atoms with Crippen LogP contribution in [0.25, 0.3) is 0 Å². The fourth-order valence-electron chi connectivity index (χ4n) is 4.14. The second kappa shape index (κ2) is 10.8. The molecule has 0 spiro atoms. The number of quaternary nitrogens is 1. The lowest BCUT2D eigenvalue weighted by atomic mass is 9.87. The van der Waals surface area contributed by atoms with Crippen molar-refractivity contribution in [1.82, 2.24) is 5.32 Å². The predicted molar refractivity (Wildman–Crippen MR) is 119 cm³/mol. The Hall–Kier alpha value is -2.08. The normalized spacial score (nSPS) is 16.8. The number of carbonyl (C=O) groups excluding carboxylic acids is 1. The summed E-state index contributed by atoms with van der Waals surface area (Å²) >= 11 is 6.03. The number of hydrogen-bond donors (Lipinski definition) is 2. The van der Waals surface area contributed by atoms with Crippen molar-refractivity contribution in [1.29, 1.82) is 0 Å². The molecule has 0 aliphatic carbocycles. The van der Waals surface area contributed by atoms with Crippen molar-refractivity contribution >= 4 is 17.5 Å². The van der Waals surface area contributed by atoms with Gasteiger partial charge in [-0.25, -0.2) is 0 Å². The van der Waals surface area contributed by atoms with Gasteiger partial charge < -0.3 is 19.7 Å². The molecule has 3 rings (SSSR count). The van der Waals surface area contributed by atoms with Gasteiger partial charge in [0.1, 0.15) is 24.9 Å². The summed E-state index contributed by atoms with van der Waals surface area (Å²) in [6.45, 7) is 8.08. The van der Waals surface area contributed by atoms with E-state index in [0.29, 0.717) is 11.6 Å². The number of hydrogen-bond acceptors (Lipinski definition) is 3. The van der Waals surface area contributed by atoms with E-state index in [1.54, 1.807) is 7.11 Å². The van der Waals surface area contributed by atoms with Crippen molar-refractivity contribution < 1.29 is 19.2 Å². The minimum absolute atomic E-state index is 0.0542. The standard InChI is InChI=1S/C24H31ClN2O3/c1-17(2)23(19-4-8-20(25)9-5-19)24(28)26-16-22(27-12-14-30-15-13-27)18-6-10-21(29-3)11-7-18/h4-11,17,22-23H,12-16H2,1-3H3,(H,26,28)/p+1/t22-,23+/m1/s1. The zero-order valence-electron chi connectivity index (χ0n) is 18.0. The van der Waals surface area contributed by atoms with E-state index < -0.39 is 0 Å². The van der Waals surface area contributed by atoms with Gasteiger partial charge in [-0.15, -0.1) is 0 Å². The van der Waals surface area contributed by atoms with Crippen LogP contribution in [-0.4, -0.2) is 45.9 Å². The van der Waals surface area contributed by atoms with Crippen LogP contribution in [-0.2, 0) is 9.53 Å². The maximum atomic E-state index is 13.2. The lowest BCUT2D eigenvalue weighted by Crippen LogP contribution is -3.15. The van der Waals surface area contributed by atoms with Crippen LogP contribution in [0.5, 0.6) is 5.75 Å². The van der Waals surface area contributed by atoms with E-state index in [0.717, 1.165) is 37.6 Å². The summed E-state index contributed by atoms with van der Waals surface area (Å²) in [5.74, 6) is 0.861. The number of morpholine rings is 1. The van der Waals surface area contributed by atoms with E-state index in [1.165, 1.54) is 10.5 Å². The van der Waals surface area contributed by atoms with Crippen molar-refractivity contribution in [2.24, 2.45) is 5.92 Å². The Morgan fingerprint density at radius 2 is 1.67 bits per heavy atom. The first-order valence-electron chi connectivity index (χ1n) is 10.6. The van der Waals surface area contributed by atoms with Gasteiger partial charge in [-0.3, -0.25) is 4.79 Å². The molecule has 0 unspecified atom stereocenters. The lowest BCUT2D eigenvalue weighted by Gasteiger charge is -2.32. The van der Waals surface area contributed by atoms with Gasteiger partial charge in [0.25, 0.3) is 0 Å². The summed E-state index contributed by atoms with van der Waals surface area (Å²) in [5.41, 5.74) is 2.19. The molecule has 1 heterocycles. The van der Waals surface area contributed by atoms with Crippen molar-refractivity contribution in [2.75, 3.05) is 40.0 Å². The topological polar surface area (TPSA) is 52.0 Å². The highest BCUT2D eigenvalue weighted by atomic mass is 35.5. The molecule has 0 radical (unpaired) electrons. The molecule has 1 aliphatic heterocycles. The van der Waals surface area contributed by atoms with Crippen molar-refractivity contribution in [3.8, 4) is 5.75 Å². The summed E-state index contributed by atoms with van der Waals surface area (Å²) in [7, 11) is 1.67. The van der Waals surface area contributed by atoms with Crippen molar-refractivity contribution in [3.63, 3.8) is 0 Å². The van der Waals surface area contributed by atoms with Gasteiger partial charge in [0, 0.05) is 10.6 Å². The fraction of sp³-hybridized carbons (Fsp3) is 0.458. The second-order valence-electron chi connectivity index (χ2n) is 8.11. The van der Waals surface area contributed by atoms with Gasteiger partial charge in [0.15, 0.2) is 0 Å². The third-order valence-corrected chi connectivity index (χ3v) is 6.06. The Balaban J connectivity index is 1.75. The quantitative estimate of drug-likeness (QED) is 0.675. The summed E-state index contributed by atoms with van der Waals surface area (Å²) in [4.78, 5) is 14.6. The van der Waals surface area contributed by atoms with Crippen LogP contribution in [0.15, 0.2) is 48.5 Å².